The Kier molecular flexibility index (Phi) is 2.76. The number of carbonyl (C=O) groups excluding carboxylic acids is 2. The molecule has 1 aromatic carbocycles. The number of fused-ring (bicyclic) bond motifs is 2. The molecule has 0 unspecified atom stereocenters. The quantitative estimate of drug-likeness (QED) is 0.799. The molecule has 2 aliphatic rings. The lowest BCUT2D eigenvalue weighted by Crippen LogP contribution is -2.20. The van der Waals surface area contributed by atoms with Gasteiger partial charge in [-0.3, -0.25) is 9.59 Å². The van der Waals surface area contributed by atoms with Crippen molar-refractivity contribution in [3.63, 3.8) is 0 Å². The first-order chi connectivity index (χ1) is 10.1. The van der Waals surface area contributed by atoms with Gasteiger partial charge in [0.15, 0.2) is 0 Å². The molecule has 0 atom stereocenters. The van der Waals surface area contributed by atoms with Gasteiger partial charge < -0.3 is 4.90 Å². The van der Waals surface area contributed by atoms with Gasteiger partial charge in [0, 0.05) is 23.2 Å². The number of benzene rings is 1. The van der Waals surface area contributed by atoms with Crippen molar-refractivity contribution in [2.24, 2.45) is 0 Å². The maximum absolute atomic E-state index is 12.6. The fourth-order valence-corrected chi connectivity index (χ4v) is 4.41. The lowest BCUT2D eigenvalue weighted by atomic mass is 10.0. The predicted octanol–water partition coefficient (Wildman–Crippen LogP) is 2.99. The van der Waals surface area contributed by atoms with E-state index in [4.69, 9.17) is 0 Å². The van der Waals surface area contributed by atoms with Gasteiger partial charge in [-0.1, -0.05) is 0 Å². The Bertz CT molecular complexity index is 754. The van der Waals surface area contributed by atoms with Gasteiger partial charge in [0.25, 0.3) is 0 Å². The smallest absolute Gasteiger partial charge is 0.231 e. The third-order valence-corrected chi connectivity index (χ3v) is 5.63. The fourth-order valence-electron chi connectivity index (χ4n) is 3.19. The molecule has 4 rings (SSSR count). The first-order valence-corrected chi connectivity index (χ1v) is 8.01. The number of thiophene rings is 1. The number of anilines is 1. The summed E-state index contributed by atoms with van der Waals surface area (Å²) in [5.74, 6) is 0.170. The summed E-state index contributed by atoms with van der Waals surface area (Å²) < 4.78 is 0. The van der Waals surface area contributed by atoms with E-state index < -0.39 is 0 Å². The van der Waals surface area contributed by atoms with Crippen molar-refractivity contribution in [3.8, 4) is 0 Å². The van der Waals surface area contributed by atoms with Gasteiger partial charge >= 0.3 is 0 Å². The molecule has 1 amide bonds. The minimum Gasteiger partial charge on any atom is -0.315 e. The zero-order valence-electron chi connectivity index (χ0n) is 11.8. The highest BCUT2D eigenvalue weighted by molar-refractivity contribution is 7.14. The number of carbonyl (C=O) groups is 2. The number of rotatable bonds is 2. The fraction of sp³-hybridized carbons (Fsp3) is 0.294. The normalized spacial score (nSPS) is 16.2. The van der Waals surface area contributed by atoms with Crippen LogP contribution in [-0.2, 0) is 24.1 Å². The average Bonchev–Trinajstić information content (AvgIpc) is 3.12. The molecular weight excluding hydrogens is 282 g/mol. The molecule has 0 N–H and O–H groups in total. The second kappa shape index (κ2) is 4.53. The van der Waals surface area contributed by atoms with Gasteiger partial charge in [-0.15, -0.1) is 11.3 Å². The van der Waals surface area contributed by atoms with E-state index >= 15 is 0 Å². The third-order valence-electron chi connectivity index (χ3n) is 4.39. The number of hydrogen-bond donors (Lipinski definition) is 0. The molecular formula is C17H15NO2S. The zero-order valence-corrected chi connectivity index (χ0v) is 12.6. The molecule has 21 heavy (non-hydrogen) atoms. The summed E-state index contributed by atoms with van der Waals surface area (Å²) in [5, 5.41) is 0. The maximum Gasteiger partial charge on any atom is 0.231 e. The predicted molar refractivity (Wildman–Crippen MR) is 83.3 cm³/mol. The number of amides is 1. The van der Waals surface area contributed by atoms with Crippen LogP contribution in [0.2, 0.25) is 0 Å². The van der Waals surface area contributed by atoms with E-state index in [9.17, 15) is 9.59 Å². The van der Waals surface area contributed by atoms with E-state index in [2.05, 4.69) is 6.07 Å². The zero-order chi connectivity index (χ0) is 14.6. The summed E-state index contributed by atoms with van der Waals surface area (Å²) >= 11 is 1.63. The van der Waals surface area contributed by atoms with Crippen molar-refractivity contribution in [2.75, 3.05) is 11.9 Å². The molecule has 1 aromatic heterocycles. The second-order valence-corrected chi connectivity index (χ2v) is 6.85. The highest BCUT2D eigenvalue weighted by Crippen LogP contribution is 2.33. The van der Waals surface area contributed by atoms with Gasteiger partial charge in [-0.05, 0) is 54.7 Å². The summed E-state index contributed by atoms with van der Waals surface area (Å²) in [6.45, 7) is 0. The lowest BCUT2D eigenvalue weighted by Gasteiger charge is -2.10. The maximum atomic E-state index is 12.6. The van der Waals surface area contributed by atoms with Gasteiger partial charge in [0.1, 0.15) is 0 Å². The molecule has 0 spiro atoms. The standard InChI is InChI=1S/C17H15NO2S/c1-18-13-6-5-11(7-12(13)9-16(18)19)17(20)15-8-10-3-2-4-14(10)21-15/h5-8H,2-4,9H2,1H3. The van der Waals surface area contributed by atoms with E-state index in [0.29, 0.717) is 12.0 Å². The molecule has 2 aromatic rings. The summed E-state index contributed by atoms with van der Waals surface area (Å²) in [4.78, 5) is 28.2. The Morgan fingerprint density at radius 2 is 2.05 bits per heavy atom. The van der Waals surface area contributed by atoms with Gasteiger partial charge in [-0.25, -0.2) is 0 Å². The van der Waals surface area contributed by atoms with Crippen LogP contribution in [0, 0.1) is 0 Å². The molecule has 0 saturated carbocycles. The Labute approximate surface area is 127 Å². The first kappa shape index (κ1) is 12.8. The number of hydrogen-bond acceptors (Lipinski definition) is 3. The lowest BCUT2D eigenvalue weighted by molar-refractivity contribution is -0.117. The topological polar surface area (TPSA) is 37.4 Å². The number of aryl methyl sites for hydroxylation is 2. The summed E-state index contributed by atoms with van der Waals surface area (Å²) in [7, 11) is 1.78. The van der Waals surface area contributed by atoms with E-state index in [1.807, 2.05) is 18.2 Å². The minimum atomic E-state index is 0.0826. The number of ketones is 1. The van der Waals surface area contributed by atoms with E-state index in [1.54, 1.807) is 23.3 Å². The van der Waals surface area contributed by atoms with Crippen molar-refractivity contribution in [3.05, 3.63) is 50.7 Å². The highest BCUT2D eigenvalue weighted by Gasteiger charge is 2.26. The van der Waals surface area contributed by atoms with Gasteiger partial charge in [0.05, 0.1) is 11.3 Å². The molecule has 0 radical (unpaired) electrons. The van der Waals surface area contributed by atoms with Crippen LogP contribution < -0.4 is 4.90 Å². The van der Waals surface area contributed by atoms with Crippen molar-refractivity contribution < 1.29 is 9.59 Å². The van der Waals surface area contributed by atoms with Crippen LogP contribution in [0.15, 0.2) is 24.3 Å². The Balaban J connectivity index is 1.69. The molecule has 2 heterocycles. The van der Waals surface area contributed by atoms with Crippen LogP contribution in [0.1, 0.15) is 37.7 Å². The average molecular weight is 297 g/mol. The molecule has 4 heteroatoms. The molecule has 0 fully saturated rings. The van der Waals surface area contributed by atoms with E-state index in [0.717, 1.165) is 29.0 Å². The number of likely N-dealkylation sites (N-methyl/N-ethyl adjacent to an activating group) is 1. The minimum absolute atomic E-state index is 0.0826. The van der Waals surface area contributed by atoms with Crippen molar-refractivity contribution in [1.82, 2.24) is 0 Å². The van der Waals surface area contributed by atoms with Crippen LogP contribution in [0.3, 0.4) is 0 Å². The Morgan fingerprint density at radius 3 is 2.86 bits per heavy atom. The monoisotopic (exact) mass is 297 g/mol. The largest absolute Gasteiger partial charge is 0.315 e. The second-order valence-electron chi connectivity index (χ2n) is 5.71. The summed E-state index contributed by atoms with van der Waals surface area (Å²) in [5.41, 5.74) is 3.92. The SMILES string of the molecule is CN1C(=O)Cc2cc(C(=O)c3cc4c(s3)CCC4)ccc21. The Morgan fingerprint density at radius 1 is 1.19 bits per heavy atom. The van der Waals surface area contributed by atoms with Crippen molar-refractivity contribution in [1.29, 1.82) is 0 Å². The summed E-state index contributed by atoms with van der Waals surface area (Å²) in [6.07, 6.45) is 3.82. The van der Waals surface area contributed by atoms with Crippen LogP contribution >= 0.6 is 11.3 Å². The van der Waals surface area contributed by atoms with Crippen LogP contribution in [0.5, 0.6) is 0 Å². The van der Waals surface area contributed by atoms with E-state index in [1.165, 1.54) is 16.9 Å². The first-order valence-electron chi connectivity index (χ1n) is 7.19. The molecule has 3 nitrogen and oxygen atoms in total. The van der Waals surface area contributed by atoms with Crippen LogP contribution in [0.25, 0.3) is 0 Å². The van der Waals surface area contributed by atoms with Gasteiger partial charge in [-0.2, -0.15) is 0 Å². The van der Waals surface area contributed by atoms with Gasteiger partial charge in [0.2, 0.25) is 11.7 Å². The third kappa shape index (κ3) is 1.94. The van der Waals surface area contributed by atoms with Crippen LogP contribution in [-0.4, -0.2) is 18.7 Å². The highest BCUT2D eigenvalue weighted by atomic mass is 32.1. The van der Waals surface area contributed by atoms with Crippen molar-refractivity contribution >= 4 is 28.7 Å². The number of nitrogens with zero attached hydrogens (tertiary/aromatic N) is 1. The van der Waals surface area contributed by atoms with E-state index in [-0.39, 0.29) is 11.7 Å². The molecule has 106 valence electrons. The molecule has 0 saturated heterocycles. The van der Waals surface area contributed by atoms with Crippen molar-refractivity contribution in [2.45, 2.75) is 25.7 Å². The Hall–Kier alpha value is -1.94. The molecule has 1 aliphatic heterocycles. The summed E-state index contributed by atoms with van der Waals surface area (Å²) in [6, 6.07) is 7.65. The molecule has 0 bridgehead atoms. The molecule has 1 aliphatic carbocycles. The van der Waals surface area contributed by atoms with Crippen LogP contribution in [0.4, 0.5) is 5.69 Å².